The normalized spacial score (nSPS) is 10.7. The van der Waals surface area contributed by atoms with Crippen LogP contribution in [0.15, 0.2) is 49.1 Å². The molecule has 0 saturated carbocycles. The van der Waals surface area contributed by atoms with Crippen molar-refractivity contribution < 1.29 is 4.79 Å². The van der Waals surface area contributed by atoms with Crippen LogP contribution >= 0.6 is 35.4 Å². The molecular formula is C22H23Cl2N5OS. The number of aromatic nitrogens is 3. The first-order valence-electron chi connectivity index (χ1n) is 9.63. The van der Waals surface area contributed by atoms with Gasteiger partial charge in [0.1, 0.15) is 6.54 Å². The van der Waals surface area contributed by atoms with Crippen LogP contribution in [0.2, 0.25) is 10.0 Å². The van der Waals surface area contributed by atoms with Crippen molar-refractivity contribution in [2.45, 2.75) is 33.5 Å². The average molecular weight is 476 g/mol. The molecule has 0 fully saturated rings. The quantitative estimate of drug-likeness (QED) is 0.320. The van der Waals surface area contributed by atoms with E-state index in [0.29, 0.717) is 39.4 Å². The molecule has 31 heavy (non-hydrogen) atoms. The summed E-state index contributed by atoms with van der Waals surface area (Å²) in [6.45, 7) is 8.48. The first kappa shape index (κ1) is 23.1. The highest BCUT2D eigenvalue weighted by Gasteiger charge is 2.14. The third kappa shape index (κ3) is 5.36. The molecule has 0 aliphatic rings. The molecule has 2 N–H and O–H groups in total. The van der Waals surface area contributed by atoms with Gasteiger partial charge in [0.25, 0.3) is 0 Å². The lowest BCUT2D eigenvalue weighted by molar-refractivity contribution is -0.116. The van der Waals surface area contributed by atoms with Gasteiger partial charge in [0.15, 0.2) is 10.6 Å². The predicted octanol–water partition coefficient (Wildman–Crippen LogP) is 5.77. The fraction of sp³-hybridized carbons (Fsp3) is 0.227. The predicted molar refractivity (Wildman–Crippen MR) is 130 cm³/mol. The molecule has 0 atom stereocenters. The number of allylic oxidation sites excluding steroid dienone is 1. The molecule has 2 aromatic carbocycles. The molecule has 3 aromatic rings. The second-order valence-corrected chi connectivity index (χ2v) is 8.16. The van der Waals surface area contributed by atoms with Gasteiger partial charge in [-0.05, 0) is 61.5 Å². The zero-order chi connectivity index (χ0) is 22.5. The second kappa shape index (κ2) is 10.1. The Bertz CT molecular complexity index is 1190. The fourth-order valence-corrected chi connectivity index (χ4v) is 3.71. The van der Waals surface area contributed by atoms with E-state index in [1.165, 1.54) is 4.68 Å². The number of anilines is 2. The number of hydrogen-bond donors (Lipinski definition) is 2. The van der Waals surface area contributed by atoms with Crippen molar-refractivity contribution in [3.05, 3.63) is 80.8 Å². The minimum atomic E-state index is -0.241. The van der Waals surface area contributed by atoms with Crippen LogP contribution in [0.1, 0.15) is 17.0 Å². The number of amides is 1. The van der Waals surface area contributed by atoms with Crippen molar-refractivity contribution in [1.29, 1.82) is 0 Å². The van der Waals surface area contributed by atoms with E-state index in [0.717, 1.165) is 16.8 Å². The third-order valence-electron chi connectivity index (χ3n) is 4.85. The lowest BCUT2D eigenvalue weighted by Gasteiger charge is -2.10. The summed E-state index contributed by atoms with van der Waals surface area (Å²) in [5.74, 6) is 0.450. The van der Waals surface area contributed by atoms with E-state index < -0.39 is 0 Å². The molecule has 1 heterocycles. The maximum Gasteiger partial charge on any atom is 0.246 e. The lowest BCUT2D eigenvalue weighted by atomic mass is 10.2. The zero-order valence-electron chi connectivity index (χ0n) is 17.3. The van der Waals surface area contributed by atoms with Crippen LogP contribution in [0.25, 0.3) is 0 Å². The number of carbonyl (C=O) groups excluding carboxylic acids is 1. The minimum Gasteiger partial charge on any atom is -0.377 e. The maximum absolute atomic E-state index is 12.6. The van der Waals surface area contributed by atoms with Crippen LogP contribution in [-0.4, -0.2) is 20.3 Å². The SMILES string of the molecule is C=CCn1c(CNc2cccc(Cl)c2C)nn(CC(=O)Nc2cccc(Cl)c2C)c1=S. The number of carbonyl (C=O) groups is 1. The Hall–Kier alpha value is -2.61. The molecule has 0 spiro atoms. The Labute approximate surface area is 196 Å². The molecular weight excluding hydrogens is 453 g/mol. The van der Waals surface area contributed by atoms with E-state index in [9.17, 15) is 4.79 Å². The van der Waals surface area contributed by atoms with Gasteiger partial charge in [0, 0.05) is 28.0 Å². The molecule has 162 valence electrons. The van der Waals surface area contributed by atoms with E-state index >= 15 is 0 Å². The van der Waals surface area contributed by atoms with Crippen molar-refractivity contribution in [2.75, 3.05) is 10.6 Å². The summed E-state index contributed by atoms with van der Waals surface area (Å²) < 4.78 is 3.79. The first-order chi connectivity index (χ1) is 14.8. The van der Waals surface area contributed by atoms with Crippen LogP contribution in [-0.2, 0) is 24.4 Å². The van der Waals surface area contributed by atoms with Gasteiger partial charge in [-0.1, -0.05) is 41.4 Å². The molecule has 9 heteroatoms. The van der Waals surface area contributed by atoms with Crippen LogP contribution in [0.3, 0.4) is 0 Å². The molecule has 1 aromatic heterocycles. The van der Waals surface area contributed by atoms with Crippen LogP contribution in [0.5, 0.6) is 0 Å². The molecule has 0 saturated heterocycles. The standard InChI is InChI=1S/C22H23Cl2N5OS/c1-4-11-28-20(12-25-18-9-5-7-16(23)14(18)2)27-29(22(28)31)13-21(30)26-19-10-6-8-17(24)15(19)3/h4-10,25H,1,11-13H2,2-3H3,(H,26,30). The van der Waals surface area contributed by atoms with Crippen molar-refractivity contribution in [3.63, 3.8) is 0 Å². The number of halogens is 2. The smallest absolute Gasteiger partial charge is 0.246 e. The number of rotatable bonds is 8. The summed E-state index contributed by atoms with van der Waals surface area (Å²) in [5, 5.41) is 12.0. The van der Waals surface area contributed by atoms with Gasteiger partial charge in [-0.3, -0.25) is 9.36 Å². The molecule has 0 bridgehead atoms. The number of nitrogens with zero attached hydrogens (tertiary/aromatic N) is 3. The summed E-state index contributed by atoms with van der Waals surface area (Å²) in [6, 6.07) is 11.0. The molecule has 6 nitrogen and oxygen atoms in total. The van der Waals surface area contributed by atoms with Crippen molar-refractivity contribution in [2.24, 2.45) is 0 Å². The van der Waals surface area contributed by atoms with Crippen LogP contribution in [0.4, 0.5) is 11.4 Å². The summed E-state index contributed by atoms with van der Waals surface area (Å²) >= 11 is 17.9. The van der Waals surface area contributed by atoms with Gasteiger partial charge in [-0.25, -0.2) is 4.68 Å². The fourth-order valence-electron chi connectivity index (χ4n) is 3.07. The summed E-state index contributed by atoms with van der Waals surface area (Å²) in [7, 11) is 0. The Morgan fingerprint density at radius 1 is 1.13 bits per heavy atom. The van der Waals surface area contributed by atoms with Crippen LogP contribution in [0, 0.1) is 18.6 Å². The number of benzene rings is 2. The molecule has 0 aliphatic carbocycles. The van der Waals surface area contributed by atoms with Gasteiger partial charge in [0.2, 0.25) is 5.91 Å². The van der Waals surface area contributed by atoms with Gasteiger partial charge in [-0.2, -0.15) is 5.10 Å². The lowest BCUT2D eigenvalue weighted by Crippen LogP contribution is -2.20. The van der Waals surface area contributed by atoms with E-state index in [1.54, 1.807) is 24.3 Å². The molecule has 1 amide bonds. The van der Waals surface area contributed by atoms with Gasteiger partial charge in [0.05, 0.1) is 6.54 Å². The van der Waals surface area contributed by atoms with Gasteiger partial charge < -0.3 is 10.6 Å². The number of hydrogen-bond acceptors (Lipinski definition) is 4. The van der Waals surface area contributed by atoms with Crippen molar-refractivity contribution in [3.8, 4) is 0 Å². The minimum absolute atomic E-state index is 0.0158. The third-order valence-corrected chi connectivity index (χ3v) is 6.10. The average Bonchev–Trinajstić information content (AvgIpc) is 3.02. The van der Waals surface area contributed by atoms with E-state index in [-0.39, 0.29) is 12.5 Å². The monoisotopic (exact) mass is 475 g/mol. The molecule has 0 aliphatic heterocycles. The highest BCUT2D eigenvalue weighted by atomic mass is 35.5. The van der Waals surface area contributed by atoms with E-state index in [1.807, 2.05) is 36.6 Å². The van der Waals surface area contributed by atoms with Crippen molar-refractivity contribution >= 4 is 52.7 Å². The van der Waals surface area contributed by atoms with E-state index in [2.05, 4.69) is 22.3 Å². The molecule has 0 radical (unpaired) electrons. The maximum atomic E-state index is 12.6. The summed E-state index contributed by atoms with van der Waals surface area (Å²) in [6.07, 6.45) is 1.74. The Kier molecular flexibility index (Phi) is 7.54. The first-order valence-corrected chi connectivity index (χ1v) is 10.8. The molecule has 3 rings (SSSR count). The topological polar surface area (TPSA) is 63.9 Å². The Balaban J connectivity index is 1.79. The van der Waals surface area contributed by atoms with E-state index in [4.69, 9.17) is 35.4 Å². The summed E-state index contributed by atoms with van der Waals surface area (Å²) in [5.41, 5.74) is 3.33. The van der Waals surface area contributed by atoms with Gasteiger partial charge in [-0.15, -0.1) is 6.58 Å². The largest absolute Gasteiger partial charge is 0.377 e. The highest BCUT2D eigenvalue weighted by molar-refractivity contribution is 7.71. The summed E-state index contributed by atoms with van der Waals surface area (Å²) in [4.78, 5) is 12.6. The Morgan fingerprint density at radius 3 is 2.39 bits per heavy atom. The Morgan fingerprint density at radius 2 is 1.74 bits per heavy atom. The zero-order valence-corrected chi connectivity index (χ0v) is 19.6. The highest BCUT2D eigenvalue weighted by Crippen LogP contribution is 2.24. The van der Waals surface area contributed by atoms with Crippen molar-refractivity contribution in [1.82, 2.24) is 14.3 Å². The number of nitrogens with one attached hydrogen (secondary N) is 2. The van der Waals surface area contributed by atoms with Gasteiger partial charge >= 0.3 is 0 Å². The van der Waals surface area contributed by atoms with Crippen LogP contribution < -0.4 is 10.6 Å². The molecule has 0 unspecified atom stereocenters. The second-order valence-electron chi connectivity index (χ2n) is 6.98.